The van der Waals surface area contributed by atoms with Crippen LogP contribution in [0.5, 0.6) is 0 Å². The van der Waals surface area contributed by atoms with E-state index >= 15 is 0 Å². The summed E-state index contributed by atoms with van der Waals surface area (Å²) in [5.41, 5.74) is 5.29. The molecule has 1 heterocycles. The Balaban J connectivity index is 1.62. The number of hydrogen-bond donors (Lipinski definition) is 0. The Bertz CT molecular complexity index is 888. The van der Waals surface area contributed by atoms with Crippen molar-refractivity contribution in [3.63, 3.8) is 0 Å². The first-order valence-corrected chi connectivity index (χ1v) is 10.9. The molecular formula is C25H27NS. The molecule has 4 rings (SSSR count). The van der Waals surface area contributed by atoms with Crippen LogP contribution in [0.15, 0.2) is 82.6 Å². The number of fused-ring (bicyclic) bond motifs is 2. The molecule has 0 N–H and O–H groups in total. The number of unbranched alkanes of at least 4 members (excludes halogenated alkanes) is 4. The van der Waals surface area contributed by atoms with Gasteiger partial charge in [-0.1, -0.05) is 92.9 Å². The number of nitrogens with zero attached hydrogens (tertiary/aromatic N) is 1. The first-order chi connectivity index (χ1) is 13.4. The minimum atomic E-state index is 1.10. The summed E-state index contributed by atoms with van der Waals surface area (Å²) in [5.74, 6) is 0. The highest BCUT2D eigenvalue weighted by Gasteiger charge is 2.23. The predicted molar refractivity (Wildman–Crippen MR) is 118 cm³/mol. The lowest BCUT2D eigenvalue weighted by Gasteiger charge is -2.33. The van der Waals surface area contributed by atoms with Crippen LogP contribution in [-0.2, 0) is 0 Å². The third-order valence-corrected chi connectivity index (χ3v) is 6.33. The maximum atomic E-state index is 2.53. The lowest BCUT2D eigenvalue weighted by Crippen LogP contribution is -2.21. The molecule has 1 nitrogen and oxygen atoms in total. The van der Waals surface area contributed by atoms with Gasteiger partial charge in [0.1, 0.15) is 0 Å². The molecule has 0 radical (unpaired) electrons. The molecule has 1 aliphatic heterocycles. The molecule has 2 heteroatoms. The van der Waals surface area contributed by atoms with Gasteiger partial charge in [0.25, 0.3) is 0 Å². The number of anilines is 2. The Kier molecular flexibility index (Phi) is 5.84. The summed E-state index contributed by atoms with van der Waals surface area (Å²) in [6.07, 6.45) is 6.56. The van der Waals surface area contributed by atoms with Crippen molar-refractivity contribution in [3.8, 4) is 11.1 Å². The highest BCUT2D eigenvalue weighted by Crippen LogP contribution is 2.49. The minimum Gasteiger partial charge on any atom is -0.340 e. The van der Waals surface area contributed by atoms with Gasteiger partial charge in [0.05, 0.1) is 11.4 Å². The van der Waals surface area contributed by atoms with Crippen LogP contribution in [-0.4, -0.2) is 6.54 Å². The van der Waals surface area contributed by atoms with Gasteiger partial charge in [0.15, 0.2) is 0 Å². The maximum Gasteiger partial charge on any atom is 0.0553 e. The third-order valence-electron chi connectivity index (χ3n) is 5.22. The van der Waals surface area contributed by atoms with E-state index in [0.29, 0.717) is 0 Å². The second kappa shape index (κ2) is 8.67. The predicted octanol–water partition coefficient (Wildman–Crippen LogP) is 7.93. The minimum absolute atomic E-state index is 1.10. The van der Waals surface area contributed by atoms with Gasteiger partial charge in [-0.25, -0.2) is 0 Å². The number of hydrogen-bond acceptors (Lipinski definition) is 2. The molecule has 0 saturated carbocycles. The van der Waals surface area contributed by atoms with Gasteiger partial charge in [-0.2, -0.15) is 0 Å². The first kappa shape index (κ1) is 18.2. The van der Waals surface area contributed by atoms with Gasteiger partial charge >= 0.3 is 0 Å². The zero-order valence-electron chi connectivity index (χ0n) is 16.0. The van der Waals surface area contributed by atoms with Gasteiger partial charge in [-0.3, -0.25) is 0 Å². The Morgan fingerprint density at radius 1 is 0.667 bits per heavy atom. The molecule has 27 heavy (non-hydrogen) atoms. The van der Waals surface area contributed by atoms with Crippen LogP contribution in [0.25, 0.3) is 11.1 Å². The molecule has 0 spiro atoms. The highest BCUT2D eigenvalue weighted by molar-refractivity contribution is 7.99. The van der Waals surface area contributed by atoms with Crippen LogP contribution in [0.3, 0.4) is 0 Å². The second-order valence-electron chi connectivity index (χ2n) is 7.18. The van der Waals surface area contributed by atoms with Crippen molar-refractivity contribution >= 4 is 23.1 Å². The van der Waals surface area contributed by atoms with Crippen molar-refractivity contribution in [2.45, 2.75) is 48.8 Å². The maximum absolute atomic E-state index is 2.53. The van der Waals surface area contributed by atoms with Crippen molar-refractivity contribution < 1.29 is 0 Å². The summed E-state index contributed by atoms with van der Waals surface area (Å²) in [6.45, 7) is 3.37. The molecule has 0 saturated heterocycles. The van der Waals surface area contributed by atoms with Gasteiger partial charge in [-0.05, 0) is 41.8 Å². The Hall–Kier alpha value is -2.19. The average Bonchev–Trinajstić information content (AvgIpc) is 2.73. The van der Waals surface area contributed by atoms with Crippen molar-refractivity contribution in [1.82, 2.24) is 0 Å². The zero-order chi connectivity index (χ0) is 18.5. The fourth-order valence-corrected chi connectivity index (χ4v) is 4.89. The molecule has 0 unspecified atom stereocenters. The molecule has 3 aromatic rings. The van der Waals surface area contributed by atoms with E-state index < -0.39 is 0 Å². The topological polar surface area (TPSA) is 3.24 Å². The van der Waals surface area contributed by atoms with Gasteiger partial charge < -0.3 is 4.90 Å². The van der Waals surface area contributed by atoms with Crippen molar-refractivity contribution in [3.05, 3.63) is 72.8 Å². The van der Waals surface area contributed by atoms with Crippen LogP contribution >= 0.6 is 11.8 Å². The Morgan fingerprint density at radius 3 is 2.26 bits per heavy atom. The summed E-state index contributed by atoms with van der Waals surface area (Å²) in [5, 5.41) is 0. The van der Waals surface area contributed by atoms with Crippen molar-refractivity contribution in [2.75, 3.05) is 11.4 Å². The van der Waals surface area contributed by atoms with Crippen LogP contribution < -0.4 is 4.90 Å². The molecule has 138 valence electrons. The monoisotopic (exact) mass is 373 g/mol. The average molecular weight is 374 g/mol. The standard InChI is InChI=1S/C25H27NS/c1-2-3-4-5-11-18-26-22-14-9-10-15-24(22)27-25-19-21(16-17-23(25)26)20-12-7-6-8-13-20/h6-10,12-17,19H,2-5,11,18H2,1H3. The largest absolute Gasteiger partial charge is 0.340 e. The summed E-state index contributed by atoms with van der Waals surface area (Å²) in [6, 6.07) is 26.4. The molecule has 0 aromatic heterocycles. The zero-order valence-corrected chi connectivity index (χ0v) is 16.8. The quantitative estimate of drug-likeness (QED) is 0.387. The van der Waals surface area contributed by atoms with E-state index in [4.69, 9.17) is 0 Å². The lowest BCUT2D eigenvalue weighted by atomic mass is 10.0. The molecule has 0 bridgehead atoms. The Morgan fingerprint density at radius 2 is 1.41 bits per heavy atom. The van der Waals surface area contributed by atoms with E-state index in [0.717, 1.165) is 6.54 Å². The summed E-state index contributed by atoms with van der Waals surface area (Å²) >= 11 is 1.90. The normalized spacial score (nSPS) is 12.6. The third kappa shape index (κ3) is 4.06. The summed E-state index contributed by atoms with van der Waals surface area (Å²) in [7, 11) is 0. The molecule has 0 aliphatic carbocycles. The van der Waals surface area contributed by atoms with Gasteiger partial charge in [0, 0.05) is 16.3 Å². The fraction of sp³-hybridized carbons (Fsp3) is 0.280. The summed E-state index contributed by atoms with van der Waals surface area (Å²) < 4.78 is 0. The first-order valence-electron chi connectivity index (χ1n) is 10.1. The van der Waals surface area contributed by atoms with Gasteiger partial charge in [0.2, 0.25) is 0 Å². The van der Waals surface area contributed by atoms with E-state index in [1.807, 2.05) is 11.8 Å². The van der Waals surface area contributed by atoms with E-state index in [1.54, 1.807) is 0 Å². The van der Waals surface area contributed by atoms with Gasteiger partial charge in [-0.15, -0.1) is 0 Å². The van der Waals surface area contributed by atoms with Crippen LogP contribution in [0.1, 0.15) is 39.0 Å². The number of benzene rings is 3. The summed E-state index contributed by atoms with van der Waals surface area (Å²) in [4.78, 5) is 5.26. The highest BCUT2D eigenvalue weighted by atomic mass is 32.2. The van der Waals surface area contributed by atoms with Crippen molar-refractivity contribution in [1.29, 1.82) is 0 Å². The number of para-hydroxylation sites is 1. The van der Waals surface area contributed by atoms with E-state index in [1.165, 1.54) is 64.4 Å². The van der Waals surface area contributed by atoms with Crippen LogP contribution in [0.4, 0.5) is 11.4 Å². The molecule has 1 aliphatic rings. The van der Waals surface area contributed by atoms with Crippen molar-refractivity contribution in [2.24, 2.45) is 0 Å². The fourth-order valence-electron chi connectivity index (χ4n) is 3.76. The lowest BCUT2D eigenvalue weighted by molar-refractivity contribution is 0.632. The van der Waals surface area contributed by atoms with E-state index in [-0.39, 0.29) is 0 Å². The molecular weight excluding hydrogens is 346 g/mol. The smallest absolute Gasteiger partial charge is 0.0553 e. The Labute approximate surface area is 167 Å². The number of rotatable bonds is 7. The molecule has 3 aromatic carbocycles. The SMILES string of the molecule is CCCCCCCN1c2ccccc2Sc2cc(-c3ccccc3)ccc21. The van der Waals surface area contributed by atoms with Crippen LogP contribution in [0.2, 0.25) is 0 Å². The van der Waals surface area contributed by atoms with E-state index in [2.05, 4.69) is 84.6 Å². The second-order valence-corrected chi connectivity index (χ2v) is 8.27. The molecule has 0 fully saturated rings. The molecule has 0 atom stereocenters. The molecule has 0 amide bonds. The van der Waals surface area contributed by atoms with Crippen LogP contribution in [0, 0.1) is 0 Å². The van der Waals surface area contributed by atoms with E-state index in [9.17, 15) is 0 Å².